The first-order valence-corrected chi connectivity index (χ1v) is 9.45. The van der Waals surface area contributed by atoms with Gasteiger partial charge in [0.25, 0.3) is 0 Å². The first-order chi connectivity index (χ1) is 11.2. The molecule has 0 bridgehead atoms. The minimum atomic E-state index is 0.613. The van der Waals surface area contributed by atoms with Gasteiger partial charge >= 0.3 is 0 Å². The molecule has 3 rings (SSSR count). The zero-order chi connectivity index (χ0) is 16.1. The van der Waals surface area contributed by atoms with Crippen LogP contribution in [0.1, 0.15) is 43.2 Å². The molecule has 1 N–H and O–H groups in total. The van der Waals surface area contributed by atoms with Gasteiger partial charge in [-0.15, -0.1) is 0 Å². The third-order valence-corrected chi connectivity index (χ3v) is 5.50. The molecule has 1 aliphatic heterocycles. The standard InChI is InChI=1S/C19H29N3S/c1-16-7-9-17(10-8-16)15-21-11-13-22(14-12-21)19(23)20-18-5-3-2-4-6-18/h7-10,18H,2-6,11-15H2,1H3,(H,20,23). The highest BCUT2D eigenvalue weighted by Crippen LogP contribution is 2.18. The molecule has 1 aromatic rings. The van der Waals surface area contributed by atoms with Gasteiger partial charge < -0.3 is 10.2 Å². The molecule has 0 amide bonds. The van der Waals surface area contributed by atoms with E-state index in [1.165, 1.54) is 43.2 Å². The Labute approximate surface area is 146 Å². The fourth-order valence-electron chi connectivity index (χ4n) is 3.57. The molecule has 0 atom stereocenters. The summed E-state index contributed by atoms with van der Waals surface area (Å²) < 4.78 is 0. The minimum absolute atomic E-state index is 0.613. The molecule has 3 nitrogen and oxygen atoms in total. The van der Waals surface area contributed by atoms with Gasteiger partial charge in [-0.2, -0.15) is 0 Å². The molecule has 4 heteroatoms. The van der Waals surface area contributed by atoms with Gasteiger partial charge in [0, 0.05) is 38.8 Å². The Hall–Kier alpha value is -1.13. The van der Waals surface area contributed by atoms with Crippen molar-refractivity contribution < 1.29 is 0 Å². The number of nitrogens with one attached hydrogen (secondary N) is 1. The lowest BCUT2D eigenvalue weighted by Gasteiger charge is -2.37. The molecule has 1 saturated heterocycles. The smallest absolute Gasteiger partial charge is 0.169 e. The maximum Gasteiger partial charge on any atom is 0.169 e. The minimum Gasteiger partial charge on any atom is -0.360 e. The third kappa shape index (κ3) is 4.92. The van der Waals surface area contributed by atoms with E-state index in [1.807, 2.05) is 0 Å². The Kier molecular flexibility index (Phi) is 5.90. The van der Waals surface area contributed by atoms with Crippen LogP contribution >= 0.6 is 12.2 Å². The van der Waals surface area contributed by atoms with E-state index in [9.17, 15) is 0 Å². The summed E-state index contributed by atoms with van der Waals surface area (Å²) >= 11 is 5.63. The van der Waals surface area contributed by atoms with E-state index in [1.54, 1.807) is 0 Å². The van der Waals surface area contributed by atoms with E-state index in [0.29, 0.717) is 6.04 Å². The maximum atomic E-state index is 5.63. The van der Waals surface area contributed by atoms with Crippen LogP contribution in [0, 0.1) is 6.92 Å². The topological polar surface area (TPSA) is 18.5 Å². The van der Waals surface area contributed by atoms with Crippen LogP contribution in [-0.2, 0) is 6.54 Å². The number of nitrogens with zero attached hydrogens (tertiary/aromatic N) is 2. The third-order valence-electron chi connectivity index (χ3n) is 5.12. The van der Waals surface area contributed by atoms with Gasteiger partial charge in [0.05, 0.1) is 0 Å². The quantitative estimate of drug-likeness (QED) is 0.856. The molecular formula is C19H29N3S. The highest BCUT2D eigenvalue weighted by molar-refractivity contribution is 7.80. The van der Waals surface area contributed by atoms with E-state index in [-0.39, 0.29) is 0 Å². The number of benzene rings is 1. The average molecular weight is 332 g/mol. The van der Waals surface area contributed by atoms with Crippen LogP contribution < -0.4 is 5.32 Å². The predicted octanol–water partition coefficient (Wildman–Crippen LogP) is 3.32. The summed E-state index contributed by atoms with van der Waals surface area (Å²) in [4.78, 5) is 4.89. The molecule has 1 saturated carbocycles. The van der Waals surface area contributed by atoms with Gasteiger partial charge in [-0.3, -0.25) is 4.90 Å². The summed E-state index contributed by atoms with van der Waals surface area (Å²) in [6.07, 6.45) is 6.67. The zero-order valence-corrected chi connectivity index (χ0v) is 15.1. The van der Waals surface area contributed by atoms with Gasteiger partial charge in [-0.25, -0.2) is 0 Å². The van der Waals surface area contributed by atoms with E-state index in [0.717, 1.165) is 37.8 Å². The van der Waals surface area contributed by atoms with Crippen LogP contribution in [-0.4, -0.2) is 47.1 Å². The molecule has 1 heterocycles. The van der Waals surface area contributed by atoms with Crippen molar-refractivity contribution in [2.75, 3.05) is 26.2 Å². The van der Waals surface area contributed by atoms with Crippen molar-refractivity contribution in [3.05, 3.63) is 35.4 Å². The molecule has 2 aliphatic rings. The van der Waals surface area contributed by atoms with Crippen molar-refractivity contribution in [1.29, 1.82) is 0 Å². The van der Waals surface area contributed by atoms with Gasteiger partial charge in [0.1, 0.15) is 0 Å². The van der Waals surface area contributed by atoms with Crippen LogP contribution in [0.3, 0.4) is 0 Å². The van der Waals surface area contributed by atoms with Gasteiger partial charge in [0.2, 0.25) is 0 Å². The Balaban J connectivity index is 1.42. The van der Waals surface area contributed by atoms with Crippen molar-refractivity contribution in [3.8, 4) is 0 Å². The van der Waals surface area contributed by atoms with Crippen molar-refractivity contribution in [2.45, 2.75) is 51.6 Å². The van der Waals surface area contributed by atoms with Crippen LogP contribution in [0.2, 0.25) is 0 Å². The molecule has 126 valence electrons. The highest BCUT2D eigenvalue weighted by atomic mass is 32.1. The lowest BCUT2D eigenvalue weighted by molar-refractivity contribution is 0.173. The summed E-state index contributed by atoms with van der Waals surface area (Å²) in [6, 6.07) is 9.51. The Morgan fingerprint density at radius 1 is 1.04 bits per heavy atom. The highest BCUT2D eigenvalue weighted by Gasteiger charge is 2.21. The molecule has 1 aromatic carbocycles. The number of hydrogen-bond acceptors (Lipinski definition) is 2. The molecule has 23 heavy (non-hydrogen) atoms. The van der Waals surface area contributed by atoms with Crippen molar-refractivity contribution >= 4 is 17.3 Å². The van der Waals surface area contributed by atoms with Gasteiger partial charge in [0.15, 0.2) is 5.11 Å². The molecule has 0 spiro atoms. The monoisotopic (exact) mass is 331 g/mol. The maximum absolute atomic E-state index is 5.63. The molecule has 0 radical (unpaired) electrons. The van der Waals surface area contributed by atoms with E-state index in [2.05, 4.69) is 46.3 Å². The largest absolute Gasteiger partial charge is 0.360 e. The predicted molar refractivity (Wildman–Crippen MR) is 101 cm³/mol. The zero-order valence-electron chi connectivity index (χ0n) is 14.3. The number of aryl methyl sites for hydroxylation is 1. The summed E-state index contributed by atoms with van der Waals surface area (Å²) in [5.74, 6) is 0. The molecule has 0 aromatic heterocycles. The Morgan fingerprint density at radius 2 is 1.70 bits per heavy atom. The molecular weight excluding hydrogens is 302 g/mol. The first-order valence-electron chi connectivity index (χ1n) is 9.04. The fourth-order valence-corrected chi connectivity index (χ4v) is 3.92. The molecule has 1 aliphatic carbocycles. The summed E-state index contributed by atoms with van der Waals surface area (Å²) in [5.41, 5.74) is 2.74. The number of piperazine rings is 1. The lowest BCUT2D eigenvalue weighted by atomic mass is 9.96. The van der Waals surface area contributed by atoms with Gasteiger partial charge in [-0.1, -0.05) is 49.1 Å². The lowest BCUT2D eigenvalue weighted by Crippen LogP contribution is -2.53. The number of rotatable bonds is 3. The Morgan fingerprint density at radius 3 is 2.35 bits per heavy atom. The van der Waals surface area contributed by atoms with E-state index in [4.69, 9.17) is 12.2 Å². The van der Waals surface area contributed by atoms with E-state index >= 15 is 0 Å². The first kappa shape index (κ1) is 16.7. The fraction of sp³-hybridized carbons (Fsp3) is 0.632. The number of thiocarbonyl (C=S) groups is 1. The Bertz CT molecular complexity index is 500. The average Bonchev–Trinajstić information content (AvgIpc) is 2.58. The second-order valence-corrected chi connectivity index (χ2v) is 7.42. The molecule has 0 unspecified atom stereocenters. The van der Waals surface area contributed by atoms with Crippen molar-refractivity contribution in [3.63, 3.8) is 0 Å². The van der Waals surface area contributed by atoms with Crippen molar-refractivity contribution in [1.82, 2.24) is 15.1 Å². The SMILES string of the molecule is Cc1ccc(CN2CCN(C(=S)NC3CCCCC3)CC2)cc1. The van der Waals surface area contributed by atoms with Crippen LogP contribution in [0.15, 0.2) is 24.3 Å². The van der Waals surface area contributed by atoms with Crippen LogP contribution in [0.5, 0.6) is 0 Å². The number of hydrogen-bond donors (Lipinski definition) is 1. The van der Waals surface area contributed by atoms with Gasteiger partial charge in [-0.05, 0) is 37.5 Å². The second kappa shape index (κ2) is 8.11. The summed E-state index contributed by atoms with van der Waals surface area (Å²) in [5, 5.41) is 4.58. The van der Waals surface area contributed by atoms with Crippen molar-refractivity contribution in [2.24, 2.45) is 0 Å². The summed E-state index contributed by atoms with van der Waals surface area (Å²) in [7, 11) is 0. The summed E-state index contributed by atoms with van der Waals surface area (Å²) in [6.45, 7) is 7.48. The van der Waals surface area contributed by atoms with Crippen LogP contribution in [0.4, 0.5) is 0 Å². The molecule has 2 fully saturated rings. The normalized spacial score (nSPS) is 20.5. The van der Waals surface area contributed by atoms with E-state index < -0.39 is 0 Å². The van der Waals surface area contributed by atoms with Crippen LogP contribution in [0.25, 0.3) is 0 Å². The second-order valence-electron chi connectivity index (χ2n) is 7.03.